The number of carbonyl (C=O) groups is 1. The van der Waals surface area contributed by atoms with E-state index in [0.717, 1.165) is 23.4 Å². The van der Waals surface area contributed by atoms with E-state index in [9.17, 15) is 14.3 Å². The van der Waals surface area contributed by atoms with Crippen LogP contribution in [0.1, 0.15) is 33.9 Å². The zero-order valence-electron chi connectivity index (χ0n) is 12.9. The van der Waals surface area contributed by atoms with Crippen molar-refractivity contribution in [1.29, 1.82) is 0 Å². The summed E-state index contributed by atoms with van der Waals surface area (Å²) in [6, 6.07) is 6.38. The van der Waals surface area contributed by atoms with Gasteiger partial charge in [-0.3, -0.25) is 4.79 Å². The molecular weight excluding hydrogens is 315 g/mol. The molecule has 1 saturated carbocycles. The van der Waals surface area contributed by atoms with Crippen LogP contribution in [0.15, 0.2) is 29.6 Å². The van der Waals surface area contributed by atoms with Crippen LogP contribution in [0, 0.1) is 11.7 Å². The molecule has 1 aliphatic carbocycles. The molecule has 1 aromatic heterocycles. The number of aliphatic hydroxyl groups is 1. The molecule has 3 rings (SSSR count). The molecule has 1 fully saturated rings. The third-order valence-electron chi connectivity index (χ3n) is 3.99. The number of benzene rings is 1. The van der Waals surface area contributed by atoms with E-state index in [1.54, 1.807) is 18.5 Å². The number of amides is 1. The molecule has 1 aromatic carbocycles. The Labute approximate surface area is 138 Å². The number of likely N-dealkylation sites (N-methyl/N-ethyl adjacent to an activating group) is 1. The largest absolute Gasteiger partial charge is 0.391 e. The van der Waals surface area contributed by atoms with Gasteiger partial charge in [0.15, 0.2) is 0 Å². The van der Waals surface area contributed by atoms with Crippen LogP contribution < -0.4 is 0 Å². The zero-order chi connectivity index (χ0) is 16.4. The summed E-state index contributed by atoms with van der Waals surface area (Å²) in [5.74, 6) is -0.125. The van der Waals surface area contributed by atoms with Crippen LogP contribution in [0.2, 0.25) is 0 Å². The van der Waals surface area contributed by atoms with Crippen molar-refractivity contribution in [2.45, 2.75) is 25.4 Å². The van der Waals surface area contributed by atoms with Gasteiger partial charge in [-0.25, -0.2) is 9.37 Å². The van der Waals surface area contributed by atoms with Crippen LogP contribution >= 0.6 is 11.3 Å². The first-order chi connectivity index (χ1) is 11.0. The monoisotopic (exact) mass is 334 g/mol. The van der Waals surface area contributed by atoms with E-state index in [2.05, 4.69) is 4.98 Å². The van der Waals surface area contributed by atoms with Gasteiger partial charge in [0, 0.05) is 25.4 Å². The van der Waals surface area contributed by atoms with Gasteiger partial charge in [-0.05, 0) is 36.5 Å². The van der Waals surface area contributed by atoms with Gasteiger partial charge < -0.3 is 10.0 Å². The summed E-state index contributed by atoms with van der Waals surface area (Å²) >= 11 is 1.39. The van der Waals surface area contributed by atoms with E-state index < -0.39 is 6.10 Å². The number of carbonyl (C=O) groups excluding carboxylic acids is 1. The van der Waals surface area contributed by atoms with Crippen LogP contribution in [0.4, 0.5) is 4.39 Å². The standard InChI is InChI=1S/C17H19FN2O2S/c1-20(9-15(21)12-5-6-12)17(22)14-10-23-16(19-14)8-11-3-2-4-13(18)7-11/h2-4,7,10,12,15,21H,5-6,8-9H2,1H3. The molecule has 0 spiro atoms. The van der Waals surface area contributed by atoms with Crippen molar-refractivity contribution in [3.05, 3.63) is 51.7 Å². The quantitative estimate of drug-likeness (QED) is 0.884. The zero-order valence-corrected chi connectivity index (χ0v) is 13.7. The highest BCUT2D eigenvalue weighted by atomic mass is 32.1. The lowest BCUT2D eigenvalue weighted by molar-refractivity contribution is 0.0641. The molecule has 0 saturated heterocycles. The van der Waals surface area contributed by atoms with Crippen molar-refractivity contribution < 1.29 is 14.3 Å². The minimum Gasteiger partial charge on any atom is -0.391 e. The lowest BCUT2D eigenvalue weighted by Crippen LogP contribution is -2.35. The Hall–Kier alpha value is -1.79. The van der Waals surface area contributed by atoms with Crippen molar-refractivity contribution in [1.82, 2.24) is 9.88 Å². The predicted octanol–water partition coefficient (Wildman–Crippen LogP) is 2.72. The molecule has 1 N–H and O–H groups in total. The number of aliphatic hydroxyl groups excluding tert-OH is 1. The molecule has 122 valence electrons. The van der Waals surface area contributed by atoms with Gasteiger partial charge in [0.05, 0.1) is 11.1 Å². The molecular formula is C17H19FN2O2S. The summed E-state index contributed by atoms with van der Waals surface area (Å²) in [6.07, 6.45) is 2.13. The van der Waals surface area contributed by atoms with Gasteiger partial charge in [0.1, 0.15) is 11.5 Å². The smallest absolute Gasteiger partial charge is 0.273 e. The average molecular weight is 334 g/mol. The molecule has 0 bridgehead atoms. The molecule has 1 unspecified atom stereocenters. The van der Waals surface area contributed by atoms with Crippen LogP contribution in [0.3, 0.4) is 0 Å². The van der Waals surface area contributed by atoms with E-state index in [4.69, 9.17) is 0 Å². The fourth-order valence-corrected chi connectivity index (χ4v) is 3.30. The molecule has 23 heavy (non-hydrogen) atoms. The van der Waals surface area contributed by atoms with Crippen molar-refractivity contribution in [2.24, 2.45) is 5.92 Å². The van der Waals surface area contributed by atoms with Crippen molar-refractivity contribution in [3.63, 3.8) is 0 Å². The van der Waals surface area contributed by atoms with Gasteiger partial charge in [-0.15, -0.1) is 11.3 Å². The second-order valence-corrected chi connectivity index (χ2v) is 6.97. The first-order valence-corrected chi connectivity index (χ1v) is 8.53. The first kappa shape index (κ1) is 16.1. The van der Waals surface area contributed by atoms with Crippen molar-refractivity contribution in [3.8, 4) is 0 Å². The Kier molecular flexibility index (Phi) is 4.73. The van der Waals surface area contributed by atoms with Crippen LogP contribution in [0.5, 0.6) is 0 Å². The Morgan fingerprint density at radius 3 is 3.00 bits per heavy atom. The molecule has 1 amide bonds. The average Bonchev–Trinajstić information content (AvgIpc) is 3.27. The van der Waals surface area contributed by atoms with Gasteiger partial charge in [-0.1, -0.05) is 12.1 Å². The topological polar surface area (TPSA) is 53.4 Å². The highest BCUT2D eigenvalue weighted by Crippen LogP contribution is 2.32. The van der Waals surface area contributed by atoms with Crippen molar-refractivity contribution in [2.75, 3.05) is 13.6 Å². The number of rotatable bonds is 6. The Balaban J connectivity index is 1.62. The Morgan fingerprint density at radius 2 is 2.30 bits per heavy atom. The van der Waals surface area contributed by atoms with E-state index in [0.29, 0.717) is 24.6 Å². The number of hydrogen-bond donors (Lipinski definition) is 1. The van der Waals surface area contributed by atoms with Gasteiger partial charge >= 0.3 is 0 Å². The number of halogens is 1. The summed E-state index contributed by atoms with van der Waals surface area (Å²) < 4.78 is 13.2. The van der Waals surface area contributed by atoms with E-state index in [1.807, 2.05) is 6.07 Å². The number of thiazole rings is 1. The second kappa shape index (κ2) is 6.76. The maximum Gasteiger partial charge on any atom is 0.273 e. The lowest BCUT2D eigenvalue weighted by atomic mass is 10.1. The molecule has 2 aromatic rings. The van der Waals surface area contributed by atoms with Gasteiger partial charge in [0.25, 0.3) is 5.91 Å². The van der Waals surface area contributed by atoms with Crippen LogP contribution in [0.25, 0.3) is 0 Å². The highest BCUT2D eigenvalue weighted by molar-refractivity contribution is 7.09. The molecule has 1 atom stereocenters. The Bertz CT molecular complexity index is 699. The minimum absolute atomic E-state index is 0.188. The van der Waals surface area contributed by atoms with Gasteiger partial charge in [0.2, 0.25) is 0 Å². The van der Waals surface area contributed by atoms with Crippen molar-refractivity contribution >= 4 is 17.2 Å². The summed E-state index contributed by atoms with van der Waals surface area (Å²) in [5.41, 5.74) is 1.21. The van der Waals surface area contributed by atoms with E-state index in [-0.39, 0.29) is 11.7 Å². The third kappa shape index (κ3) is 4.14. The normalized spacial score (nSPS) is 15.4. The third-order valence-corrected chi connectivity index (χ3v) is 4.84. The fraction of sp³-hybridized carbons (Fsp3) is 0.412. The fourth-order valence-electron chi connectivity index (χ4n) is 2.50. The number of nitrogens with zero attached hydrogens (tertiary/aromatic N) is 2. The maximum atomic E-state index is 13.2. The SMILES string of the molecule is CN(CC(O)C1CC1)C(=O)c1csc(Cc2cccc(F)c2)n1. The summed E-state index contributed by atoms with van der Waals surface area (Å²) in [4.78, 5) is 18.2. The van der Waals surface area contributed by atoms with Crippen LogP contribution in [-0.4, -0.2) is 40.6 Å². The van der Waals surface area contributed by atoms with Gasteiger partial charge in [-0.2, -0.15) is 0 Å². The van der Waals surface area contributed by atoms with E-state index in [1.165, 1.54) is 28.4 Å². The molecule has 0 radical (unpaired) electrons. The highest BCUT2D eigenvalue weighted by Gasteiger charge is 2.31. The second-order valence-electron chi connectivity index (χ2n) is 6.02. The lowest BCUT2D eigenvalue weighted by Gasteiger charge is -2.19. The summed E-state index contributed by atoms with van der Waals surface area (Å²) in [6.45, 7) is 0.334. The minimum atomic E-state index is -0.450. The summed E-state index contributed by atoms with van der Waals surface area (Å²) in [5, 5.41) is 12.4. The molecule has 4 nitrogen and oxygen atoms in total. The molecule has 1 heterocycles. The van der Waals surface area contributed by atoms with E-state index >= 15 is 0 Å². The first-order valence-electron chi connectivity index (χ1n) is 7.65. The Morgan fingerprint density at radius 1 is 1.52 bits per heavy atom. The summed E-state index contributed by atoms with van der Waals surface area (Å²) in [7, 11) is 1.68. The maximum absolute atomic E-state index is 13.2. The number of hydrogen-bond acceptors (Lipinski definition) is 4. The predicted molar refractivity (Wildman–Crippen MR) is 87.0 cm³/mol. The molecule has 0 aliphatic heterocycles. The van der Waals surface area contributed by atoms with Crippen LogP contribution in [-0.2, 0) is 6.42 Å². The molecule has 6 heteroatoms. The molecule has 1 aliphatic rings. The number of aromatic nitrogens is 1.